The van der Waals surface area contributed by atoms with E-state index >= 15 is 0 Å². The third kappa shape index (κ3) is 3.00. The predicted molar refractivity (Wildman–Crippen MR) is 119 cm³/mol. The minimum Gasteiger partial charge on any atom is -0.465 e. The van der Waals surface area contributed by atoms with E-state index in [1.807, 2.05) is 18.2 Å². The summed E-state index contributed by atoms with van der Waals surface area (Å²) in [6.07, 6.45) is 5.72. The van der Waals surface area contributed by atoms with E-state index < -0.39 is 0 Å². The number of fused-ring (bicyclic) bond motifs is 1. The van der Waals surface area contributed by atoms with Crippen molar-refractivity contribution in [1.82, 2.24) is 19.6 Å². The van der Waals surface area contributed by atoms with Gasteiger partial charge in [-0.2, -0.15) is 5.10 Å². The van der Waals surface area contributed by atoms with Crippen molar-refractivity contribution < 1.29 is 9.53 Å². The molecule has 160 valence electrons. The second-order valence-electron chi connectivity index (χ2n) is 9.57. The number of benzene rings is 2. The summed E-state index contributed by atoms with van der Waals surface area (Å²) in [7, 11) is 1.41. The zero-order valence-corrected chi connectivity index (χ0v) is 18.0. The number of rotatable bonds is 5. The van der Waals surface area contributed by atoms with Crippen molar-refractivity contribution in [3.8, 4) is 0 Å². The van der Waals surface area contributed by atoms with Crippen LogP contribution < -0.4 is 0 Å². The molecule has 0 amide bonds. The number of hydrogen-bond donors (Lipinski definition) is 0. The molecule has 0 spiro atoms. The molecule has 1 saturated heterocycles. The Hall–Kier alpha value is -2.70. The van der Waals surface area contributed by atoms with Crippen LogP contribution in [0, 0.1) is 0 Å². The Kier molecular flexibility index (Phi) is 4.24. The molecule has 0 unspecified atom stereocenters. The van der Waals surface area contributed by atoms with Gasteiger partial charge in [0.2, 0.25) is 0 Å². The fourth-order valence-electron chi connectivity index (χ4n) is 5.99. The zero-order valence-electron chi connectivity index (χ0n) is 18.0. The Labute approximate surface area is 182 Å². The number of aromatic nitrogens is 2. The fourth-order valence-corrected chi connectivity index (χ4v) is 5.99. The predicted octanol–water partition coefficient (Wildman–Crippen LogP) is 3.27. The van der Waals surface area contributed by atoms with Gasteiger partial charge in [-0.1, -0.05) is 36.4 Å². The SMILES string of the molecule is COC(=O)c1ccc2cn(C34CC(N5CCN(Cc6ccccc6)CC5)(C3)C4)nc2c1. The second kappa shape index (κ2) is 6.90. The lowest BCUT2D eigenvalue weighted by Gasteiger charge is -2.74. The normalized spacial score (nSPS) is 28.2. The van der Waals surface area contributed by atoms with Gasteiger partial charge in [-0.25, -0.2) is 4.79 Å². The molecule has 2 heterocycles. The van der Waals surface area contributed by atoms with E-state index in [0.717, 1.165) is 43.6 Å². The van der Waals surface area contributed by atoms with Crippen molar-refractivity contribution in [2.24, 2.45) is 0 Å². The van der Waals surface area contributed by atoms with Gasteiger partial charge in [0.15, 0.2) is 0 Å². The van der Waals surface area contributed by atoms with E-state index in [9.17, 15) is 4.79 Å². The molecule has 0 radical (unpaired) electrons. The number of carbonyl (C=O) groups excluding carboxylic acids is 1. The summed E-state index contributed by atoms with van der Waals surface area (Å²) >= 11 is 0. The minimum absolute atomic E-state index is 0.172. The van der Waals surface area contributed by atoms with Crippen LogP contribution in [-0.4, -0.2) is 64.4 Å². The number of methoxy groups -OCH3 is 1. The highest BCUT2D eigenvalue weighted by atomic mass is 16.5. The monoisotopic (exact) mass is 416 g/mol. The van der Waals surface area contributed by atoms with Crippen molar-refractivity contribution in [2.75, 3.05) is 33.3 Å². The maximum absolute atomic E-state index is 11.8. The molecule has 0 atom stereocenters. The van der Waals surface area contributed by atoms with Crippen LogP contribution in [0.4, 0.5) is 0 Å². The van der Waals surface area contributed by atoms with Crippen LogP contribution in [0.5, 0.6) is 0 Å². The molecule has 7 rings (SSSR count). The molecule has 6 heteroatoms. The molecule has 2 aromatic carbocycles. The van der Waals surface area contributed by atoms with Gasteiger partial charge in [-0.3, -0.25) is 14.5 Å². The van der Waals surface area contributed by atoms with Crippen molar-refractivity contribution in [1.29, 1.82) is 0 Å². The van der Waals surface area contributed by atoms with Gasteiger partial charge in [0.25, 0.3) is 0 Å². The van der Waals surface area contributed by atoms with Gasteiger partial charge in [0, 0.05) is 49.8 Å². The molecule has 4 fully saturated rings. The van der Waals surface area contributed by atoms with Crippen LogP contribution in [0.25, 0.3) is 10.9 Å². The molecule has 2 bridgehead atoms. The van der Waals surface area contributed by atoms with E-state index in [-0.39, 0.29) is 11.5 Å². The Morgan fingerprint density at radius 1 is 1.00 bits per heavy atom. The Bertz CT molecular complexity index is 1110. The summed E-state index contributed by atoms with van der Waals surface area (Å²) in [5.41, 5.74) is 3.39. The first-order valence-corrected chi connectivity index (χ1v) is 11.2. The van der Waals surface area contributed by atoms with Crippen molar-refractivity contribution in [3.63, 3.8) is 0 Å². The molecule has 1 aromatic heterocycles. The van der Waals surface area contributed by atoms with Crippen molar-refractivity contribution in [3.05, 3.63) is 65.9 Å². The molecule has 4 aliphatic rings. The Balaban J connectivity index is 1.09. The van der Waals surface area contributed by atoms with Gasteiger partial charge >= 0.3 is 5.97 Å². The average Bonchev–Trinajstić information content (AvgIpc) is 3.16. The van der Waals surface area contributed by atoms with Crippen LogP contribution in [0.1, 0.15) is 35.2 Å². The first-order valence-electron chi connectivity index (χ1n) is 11.2. The highest BCUT2D eigenvalue weighted by Crippen LogP contribution is 2.68. The lowest BCUT2D eigenvalue weighted by molar-refractivity contribution is -0.217. The van der Waals surface area contributed by atoms with Crippen molar-refractivity contribution >= 4 is 16.9 Å². The fraction of sp³-hybridized carbons (Fsp3) is 0.440. The number of hydrogen-bond acceptors (Lipinski definition) is 5. The first-order chi connectivity index (χ1) is 15.1. The molecule has 1 aliphatic heterocycles. The molecule has 3 saturated carbocycles. The van der Waals surface area contributed by atoms with Crippen LogP contribution in [0.3, 0.4) is 0 Å². The van der Waals surface area contributed by atoms with E-state index in [2.05, 4.69) is 51.0 Å². The second-order valence-corrected chi connectivity index (χ2v) is 9.57. The van der Waals surface area contributed by atoms with Gasteiger partial charge in [-0.05, 0) is 37.0 Å². The summed E-state index contributed by atoms with van der Waals surface area (Å²) < 4.78 is 7.01. The van der Waals surface area contributed by atoms with E-state index in [4.69, 9.17) is 9.84 Å². The smallest absolute Gasteiger partial charge is 0.337 e. The molecule has 3 aliphatic carbocycles. The molecule has 3 aromatic rings. The standard InChI is InChI=1S/C25H28N4O2/c1-31-23(30)20-7-8-21-15-29(26-22(21)13-20)25-16-24(17-25,18-25)28-11-9-27(10-12-28)14-19-5-3-2-4-6-19/h2-8,13,15H,9-12,14,16-18H2,1H3. The van der Waals surface area contributed by atoms with Gasteiger partial charge in [0.05, 0.1) is 23.7 Å². The quantitative estimate of drug-likeness (QED) is 0.598. The largest absolute Gasteiger partial charge is 0.465 e. The third-order valence-electron chi connectivity index (χ3n) is 7.68. The topological polar surface area (TPSA) is 50.6 Å². The number of ether oxygens (including phenoxy) is 1. The van der Waals surface area contributed by atoms with Crippen LogP contribution in [0.2, 0.25) is 0 Å². The van der Waals surface area contributed by atoms with Crippen molar-refractivity contribution in [2.45, 2.75) is 36.9 Å². The van der Waals surface area contributed by atoms with E-state index in [1.54, 1.807) is 0 Å². The van der Waals surface area contributed by atoms with Gasteiger partial charge < -0.3 is 4.74 Å². The minimum atomic E-state index is -0.313. The molecular weight excluding hydrogens is 388 g/mol. The highest BCUT2D eigenvalue weighted by molar-refractivity contribution is 5.94. The van der Waals surface area contributed by atoms with E-state index in [0.29, 0.717) is 11.1 Å². The van der Waals surface area contributed by atoms with Gasteiger partial charge in [-0.15, -0.1) is 0 Å². The summed E-state index contributed by atoms with van der Waals surface area (Å²) in [4.78, 5) is 17.1. The number of nitrogens with zero attached hydrogens (tertiary/aromatic N) is 4. The Morgan fingerprint density at radius 2 is 1.74 bits per heavy atom. The summed E-state index contributed by atoms with van der Waals surface area (Å²) in [6, 6.07) is 16.4. The lowest BCUT2D eigenvalue weighted by Crippen LogP contribution is -2.80. The lowest BCUT2D eigenvalue weighted by atomic mass is 9.43. The first kappa shape index (κ1) is 19.0. The molecule has 31 heavy (non-hydrogen) atoms. The maximum atomic E-state index is 11.8. The molecule has 6 nitrogen and oxygen atoms in total. The molecular formula is C25H28N4O2. The van der Waals surface area contributed by atoms with E-state index in [1.165, 1.54) is 31.9 Å². The summed E-state index contributed by atoms with van der Waals surface area (Å²) in [6.45, 7) is 5.66. The number of piperazine rings is 1. The van der Waals surface area contributed by atoms with Crippen LogP contribution >= 0.6 is 0 Å². The zero-order chi connectivity index (χ0) is 21.1. The Morgan fingerprint density at radius 3 is 2.45 bits per heavy atom. The number of esters is 1. The number of carbonyl (C=O) groups is 1. The highest BCUT2D eigenvalue weighted by Gasteiger charge is 2.71. The summed E-state index contributed by atoms with van der Waals surface area (Å²) in [5.74, 6) is -0.313. The molecule has 0 N–H and O–H groups in total. The van der Waals surface area contributed by atoms with Gasteiger partial charge in [0.1, 0.15) is 0 Å². The van der Waals surface area contributed by atoms with Crippen LogP contribution in [-0.2, 0) is 16.8 Å². The summed E-state index contributed by atoms with van der Waals surface area (Å²) in [5, 5.41) is 5.92. The maximum Gasteiger partial charge on any atom is 0.337 e. The third-order valence-corrected chi connectivity index (χ3v) is 7.68. The average molecular weight is 417 g/mol. The van der Waals surface area contributed by atoms with Crippen LogP contribution in [0.15, 0.2) is 54.7 Å².